The van der Waals surface area contributed by atoms with Crippen LogP contribution < -0.4 is 31.8 Å². The van der Waals surface area contributed by atoms with E-state index >= 15 is 0 Å². The molecule has 0 radical (unpaired) electrons. The van der Waals surface area contributed by atoms with Gasteiger partial charge in [-0.3, -0.25) is 0 Å². The van der Waals surface area contributed by atoms with E-state index in [1.165, 1.54) is 59.4 Å². The van der Waals surface area contributed by atoms with Crippen molar-refractivity contribution in [3.63, 3.8) is 0 Å². The average molecular weight is 717 g/mol. The normalized spacial score (nSPS) is 12.0. The Morgan fingerprint density at radius 3 is 1.00 bits per heavy atom. The van der Waals surface area contributed by atoms with Crippen molar-refractivity contribution in [3.05, 3.63) is 247 Å². The second-order valence-corrected chi connectivity index (χ2v) is 19.9. The molecule has 0 atom stereocenters. The van der Waals surface area contributed by atoms with Gasteiger partial charge in [-0.1, -0.05) is 158 Å². The number of benzene rings is 8. The monoisotopic (exact) mass is 716 g/mol. The maximum Gasteiger partial charge on any atom is 0.153 e. The van der Waals surface area contributed by atoms with Crippen LogP contribution in [0.2, 0.25) is 0 Å². The van der Waals surface area contributed by atoms with E-state index in [0.717, 1.165) is 0 Å². The molecule has 0 spiro atoms. The Balaban J connectivity index is 1.65. The molecule has 0 fully saturated rings. The van der Waals surface area contributed by atoms with Crippen LogP contribution in [0.3, 0.4) is 0 Å². The Morgan fingerprint density at radius 1 is 0.321 bits per heavy atom. The lowest BCUT2D eigenvalue weighted by atomic mass is 9.96. The van der Waals surface area contributed by atoms with Gasteiger partial charge in [0, 0.05) is 5.56 Å². The molecule has 0 unspecified atom stereocenters. The first-order chi connectivity index (χ1) is 26.2. The third-order valence-corrected chi connectivity index (χ3v) is 18.7. The summed E-state index contributed by atoms with van der Waals surface area (Å²) in [5, 5.41) is 9.34. The number of hydrogen-bond donors (Lipinski definition) is 0. The van der Waals surface area contributed by atoms with Gasteiger partial charge in [-0.25, -0.2) is 0 Å². The van der Waals surface area contributed by atoms with Gasteiger partial charge in [-0.2, -0.15) is 0 Å². The molecule has 254 valence electrons. The molecule has 8 aromatic rings. The van der Waals surface area contributed by atoms with Gasteiger partial charge in [-0.05, 0) is 96.4 Å². The Labute approximate surface area is 315 Å². The first-order valence-corrected chi connectivity index (χ1v) is 21.9. The molecule has 8 aromatic carbocycles. The second-order valence-electron chi connectivity index (χ2n) is 13.3. The van der Waals surface area contributed by atoms with Crippen LogP contribution in [0.25, 0.3) is 16.4 Å². The third kappa shape index (κ3) is 6.40. The van der Waals surface area contributed by atoms with Crippen LogP contribution in [0.1, 0.15) is 11.1 Å². The maximum atomic E-state index is 2.77. The summed E-state index contributed by atoms with van der Waals surface area (Å²) in [5.74, 6) is 2.77. The van der Waals surface area contributed by atoms with E-state index in [4.69, 9.17) is 0 Å². The molecular weight excluding hydrogens is 675 g/mol. The summed E-state index contributed by atoms with van der Waals surface area (Å²) in [6.45, 7) is 2.23. The SMILES string of the molecule is Cc1ccccc1-c1ccccc1/C(=C/[P+](c1ccccc1)(c1ccccc1)c1ccccc1)[P+](c1ccccc1)(c1ccccc1)c1ccccc1. The number of aryl methyl sites for hydroxylation is 1. The summed E-state index contributed by atoms with van der Waals surface area (Å²) < 4.78 is 0. The molecule has 0 aromatic heterocycles. The number of hydrogen-bond acceptors (Lipinski definition) is 0. The van der Waals surface area contributed by atoms with Crippen LogP contribution in [0, 0.1) is 6.92 Å². The van der Waals surface area contributed by atoms with Crippen molar-refractivity contribution in [2.45, 2.75) is 6.92 Å². The molecule has 0 aliphatic rings. The molecule has 0 nitrogen and oxygen atoms in total. The van der Waals surface area contributed by atoms with Crippen LogP contribution in [0.4, 0.5) is 0 Å². The van der Waals surface area contributed by atoms with E-state index in [1.807, 2.05) is 0 Å². The molecule has 0 aliphatic heterocycles. The fourth-order valence-electron chi connectivity index (χ4n) is 7.82. The minimum absolute atomic E-state index is 1.25. The highest BCUT2D eigenvalue weighted by atomic mass is 31.2. The summed E-state index contributed by atoms with van der Waals surface area (Å²) in [6, 6.07) is 85.7. The van der Waals surface area contributed by atoms with E-state index in [-0.39, 0.29) is 0 Å². The predicted molar refractivity (Wildman–Crippen MR) is 235 cm³/mol. The number of rotatable bonds is 10. The van der Waals surface area contributed by atoms with Crippen molar-refractivity contribution in [1.82, 2.24) is 0 Å². The zero-order valence-corrected chi connectivity index (χ0v) is 31.7. The van der Waals surface area contributed by atoms with E-state index in [2.05, 4.69) is 243 Å². The minimum atomic E-state index is -2.62. The molecule has 0 bridgehead atoms. The molecule has 0 saturated heterocycles. The van der Waals surface area contributed by atoms with Gasteiger partial charge in [0.2, 0.25) is 0 Å². The van der Waals surface area contributed by atoms with E-state index in [0.29, 0.717) is 0 Å². The summed E-state index contributed by atoms with van der Waals surface area (Å²) in [4.78, 5) is 0. The summed E-state index contributed by atoms with van der Waals surface area (Å²) in [6.07, 6.45) is 0. The molecule has 0 heterocycles. The molecular formula is C51H42P2+2. The predicted octanol–water partition coefficient (Wildman–Crippen LogP) is 10.9. The third-order valence-electron chi connectivity index (χ3n) is 10.2. The largest absolute Gasteiger partial charge is 0.153 e. The minimum Gasteiger partial charge on any atom is -0.0620 e. The van der Waals surface area contributed by atoms with Crippen LogP contribution >= 0.6 is 14.5 Å². The van der Waals surface area contributed by atoms with Crippen molar-refractivity contribution in [2.75, 3.05) is 0 Å². The van der Waals surface area contributed by atoms with Gasteiger partial charge < -0.3 is 0 Å². The Bertz CT molecular complexity index is 2230. The Morgan fingerprint density at radius 2 is 0.623 bits per heavy atom. The van der Waals surface area contributed by atoms with Crippen LogP contribution in [0.15, 0.2) is 236 Å². The molecule has 53 heavy (non-hydrogen) atoms. The zero-order chi connectivity index (χ0) is 35.9. The van der Waals surface area contributed by atoms with E-state index < -0.39 is 14.5 Å². The van der Waals surface area contributed by atoms with Crippen molar-refractivity contribution in [1.29, 1.82) is 0 Å². The fraction of sp³-hybridized carbons (Fsp3) is 0.0196. The lowest BCUT2D eigenvalue weighted by Crippen LogP contribution is -2.34. The standard InChI is InChI=1S/C51H42P2/c1-41-24-20-21-37-48(41)49-38-22-23-39-50(49)51(53(45-31-14-5-15-32-45,46-33-16-6-17-34-46)47-35-18-7-19-36-47)40-52(42-25-8-2-9-26-42,43-27-10-3-11-28-43)44-29-12-4-13-30-44/h2-40H,1H3/q+2/b51-40-. The molecule has 0 amide bonds. The van der Waals surface area contributed by atoms with Crippen LogP contribution in [0.5, 0.6) is 0 Å². The molecule has 0 aliphatic carbocycles. The van der Waals surface area contributed by atoms with Gasteiger partial charge in [0.25, 0.3) is 0 Å². The highest BCUT2D eigenvalue weighted by Gasteiger charge is 2.55. The second kappa shape index (κ2) is 15.5. The topological polar surface area (TPSA) is 0 Å². The summed E-state index contributed by atoms with van der Waals surface area (Å²) >= 11 is 0. The van der Waals surface area contributed by atoms with Crippen molar-refractivity contribution >= 4 is 51.7 Å². The van der Waals surface area contributed by atoms with E-state index in [9.17, 15) is 0 Å². The highest BCUT2D eigenvalue weighted by molar-refractivity contribution is 8.05. The fourth-order valence-corrected chi connectivity index (χ4v) is 16.9. The molecule has 8 rings (SSSR count). The first kappa shape index (κ1) is 34.4. The van der Waals surface area contributed by atoms with Gasteiger partial charge >= 0.3 is 0 Å². The zero-order valence-electron chi connectivity index (χ0n) is 29.9. The van der Waals surface area contributed by atoms with Crippen LogP contribution in [-0.4, -0.2) is 0 Å². The van der Waals surface area contributed by atoms with Crippen molar-refractivity contribution in [2.24, 2.45) is 0 Å². The van der Waals surface area contributed by atoms with Crippen molar-refractivity contribution < 1.29 is 0 Å². The highest BCUT2D eigenvalue weighted by Crippen LogP contribution is 2.71. The smallest absolute Gasteiger partial charge is 0.0620 e. The average Bonchev–Trinajstić information content (AvgIpc) is 3.25. The van der Waals surface area contributed by atoms with Gasteiger partial charge in [0.05, 0.1) is 0 Å². The molecule has 0 saturated carbocycles. The quantitative estimate of drug-likeness (QED) is 0.124. The van der Waals surface area contributed by atoms with Crippen molar-refractivity contribution in [3.8, 4) is 11.1 Å². The summed E-state index contributed by atoms with van der Waals surface area (Å²) in [7, 11) is -5.11. The molecule has 0 N–H and O–H groups in total. The van der Waals surface area contributed by atoms with Gasteiger partial charge in [0.1, 0.15) is 52.2 Å². The lowest BCUT2D eigenvalue weighted by Gasteiger charge is -2.32. The lowest BCUT2D eigenvalue weighted by molar-refractivity contribution is 1.45. The van der Waals surface area contributed by atoms with Crippen LogP contribution in [-0.2, 0) is 0 Å². The van der Waals surface area contributed by atoms with Gasteiger partial charge in [0.15, 0.2) is 5.31 Å². The summed E-state index contributed by atoms with van der Waals surface area (Å²) in [5.41, 5.74) is 5.03. The first-order valence-electron chi connectivity index (χ1n) is 18.2. The molecule has 2 heteroatoms. The Kier molecular flexibility index (Phi) is 10.1. The van der Waals surface area contributed by atoms with Gasteiger partial charge in [-0.15, -0.1) is 0 Å². The maximum absolute atomic E-state index is 2.77. The van der Waals surface area contributed by atoms with E-state index in [1.54, 1.807) is 0 Å². The Hall–Kier alpha value is -5.64.